The van der Waals surface area contributed by atoms with Crippen molar-refractivity contribution in [3.8, 4) is 0 Å². The zero-order valence-corrected chi connectivity index (χ0v) is 13.4. The molecule has 1 heterocycles. The van der Waals surface area contributed by atoms with Crippen molar-refractivity contribution in [2.45, 2.75) is 38.5 Å². The first-order chi connectivity index (χ1) is 9.78. The van der Waals surface area contributed by atoms with Gasteiger partial charge in [0.05, 0.1) is 18.0 Å². The van der Waals surface area contributed by atoms with Crippen LogP contribution in [0.1, 0.15) is 19.4 Å². The molecule has 0 aliphatic carbocycles. The molecule has 1 amide bonds. The number of carbonyl (C=O) groups is 1. The largest absolute Gasteiger partial charge is 0.322 e. The minimum Gasteiger partial charge on any atom is -0.322 e. The van der Waals surface area contributed by atoms with E-state index in [1.54, 1.807) is 11.8 Å². The van der Waals surface area contributed by atoms with Gasteiger partial charge in [-0.05, 0) is 25.8 Å². The Morgan fingerprint density at radius 3 is 2.48 bits per heavy atom. The molecule has 116 valence electrons. The fraction of sp³-hybridized carbons (Fsp3) is 0.533. The van der Waals surface area contributed by atoms with Crippen LogP contribution in [0.2, 0.25) is 0 Å². The zero-order chi connectivity index (χ0) is 15.6. The summed E-state index contributed by atoms with van der Waals surface area (Å²) in [6.45, 7) is 3.67. The monoisotopic (exact) mass is 310 g/mol. The average Bonchev–Trinajstić information content (AvgIpc) is 2.63. The first kappa shape index (κ1) is 16.0. The molecule has 1 aromatic carbocycles. The van der Waals surface area contributed by atoms with Crippen LogP contribution in [-0.2, 0) is 21.1 Å². The van der Waals surface area contributed by atoms with Crippen molar-refractivity contribution in [2.24, 2.45) is 0 Å². The van der Waals surface area contributed by atoms with Crippen molar-refractivity contribution >= 4 is 15.7 Å². The van der Waals surface area contributed by atoms with Gasteiger partial charge in [-0.15, -0.1) is 0 Å². The number of hydrogen-bond acceptors (Lipinski definition) is 4. The van der Waals surface area contributed by atoms with Gasteiger partial charge in [0.25, 0.3) is 0 Å². The molecular weight excluding hydrogens is 288 g/mol. The first-order valence-corrected chi connectivity index (χ1v) is 9.14. The van der Waals surface area contributed by atoms with Crippen molar-refractivity contribution in [1.29, 1.82) is 0 Å². The smallest absolute Gasteiger partial charge is 0.241 e. The van der Waals surface area contributed by atoms with E-state index in [2.05, 4.69) is 5.32 Å². The fourth-order valence-corrected chi connectivity index (χ4v) is 3.96. The summed E-state index contributed by atoms with van der Waals surface area (Å²) in [5.74, 6) is -0.0366. The topological polar surface area (TPSA) is 66.5 Å². The molecule has 2 rings (SSSR count). The van der Waals surface area contributed by atoms with Gasteiger partial charge in [-0.2, -0.15) is 0 Å². The summed E-state index contributed by atoms with van der Waals surface area (Å²) in [6, 6.07) is 9.20. The molecule has 0 bridgehead atoms. The predicted molar refractivity (Wildman–Crippen MR) is 82.6 cm³/mol. The number of nitrogens with zero attached hydrogens (tertiary/aromatic N) is 1. The first-order valence-electron chi connectivity index (χ1n) is 7.08. The molecule has 21 heavy (non-hydrogen) atoms. The highest BCUT2D eigenvalue weighted by Gasteiger charge is 2.39. The van der Waals surface area contributed by atoms with E-state index < -0.39 is 9.84 Å². The fourth-order valence-electron chi connectivity index (χ4n) is 2.93. The van der Waals surface area contributed by atoms with Gasteiger partial charge in [-0.25, -0.2) is 8.42 Å². The van der Waals surface area contributed by atoms with E-state index >= 15 is 0 Å². The molecule has 1 saturated heterocycles. The van der Waals surface area contributed by atoms with Crippen LogP contribution in [0.3, 0.4) is 0 Å². The number of nitrogens with one attached hydrogen (secondary N) is 1. The summed E-state index contributed by atoms with van der Waals surface area (Å²) < 4.78 is 22.9. The highest BCUT2D eigenvalue weighted by atomic mass is 32.2. The Bertz CT molecular complexity index is 601. The number of sulfone groups is 1. The summed E-state index contributed by atoms with van der Waals surface area (Å²) in [5.41, 5.74) is 1.09. The Kier molecular flexibility index (Phi) is 4.68. The lowest BCUT2D eigenvalue weighted by molar-refractivity contribution is -0.131. The van der Waals surface area contributed by atoms with Crippen LogP contribution >= 0.6 is 0 Å². The molecule has 1 aliphatic rings. The van der Waals surface area contributed by atoms with Gasteiger partial charge in [0.1, 0.15) is 9.84 Å². The summed E-state index contributed by atoms with van der Waals surface area (Å²) in [6.07, 6.45) is 1.67. The van der Waals surface area contributed by atoms with Gasteiger partial charge < -0.3 is 4.90 Å². The third kappa shape index (κ3) is 4.04. The molecule has 1 aliphatic heterocycles. The van der Waals surface area contributed by atoms with Gasteiger partial charge in [-0.1, -0.05) is 30.3 Å². The molecule has 1 aromatic rings. The Morgan fingerprint density at radius 2 is 1.90 bits per heavy atom. The number of hydrogen-bond donors (Lipinski definition) is 1. The van der Waals surface area contributed by atoms with E-state index in [1.807, 2.05) is 37.3 Å². The van der Waals surface area contributed by atoms with Gasteiger partial charge in [0.15, 0.2) is 0 Å². The van der Waals surface area contributed by atoms with Crippen LogP contribution in [0, 0.1) is 0 Å². The number of carbonyl (C=O) groups excluding carboxylic acids is 1. The molecule has 1 fully saturated rings. The van der Waals surface area contributed by atoms with Gasteiger partial charge in [-0.3, -0.25) is 10.1 Å². The van der Waals surface area contributed by atoms with Gasteiger partial charge >= 0.3 is 0 Å². The Hall–Kier alpha value is -1.40. The number of amides is 1. The molecule has 0 aromatic heterocycles. The molecule has 0 saturated carbocycles. The second-order valence-electron chi connectivity index (χ2n) is 5.77. The summed E-state index contributed by atoms with van der Waals surface area (Å²) in [7, 11) is -3.11. The van der Waals surface area contributed by atoms with Crippen LogP contribution in [0.5, 0.6) is 0 Å². The summed E-state index contributed by atoms with van der Waals surface area (Å²) >= 11 is 0. The molecule has 3 atom stereocenters. The van der Waals surface area contributed by atoms with Gasteiger partial charge in [0, 0.05) is 12.3 Å². The second kappa shape index (κ2) is 6.15. The third-order valence-corrected chi connectivity index (χ3v) is 4.80. The molecule has 0 spiro atoms. The van der Waals surface area contributed by atoms with E-state index in [9.17, 15) is 13.2 Å². The van der Waals surface area contributed by atoms with Crippen molar-refractivity contribution < 1.29 is 13.2 Å². The molecule has 1 N–H and O–H groups in total. The SMILES string of the molecule is CC(CS(C)(=O)=O)N1C(=O)C(Cc2ccccc2)NC1C. The van der Waals surface area contributed by atoms with Crippen molar-refractivity contribution in [3.63, 3.8) is 0 Å². The number of rotatable bonds is 5. The van der Waals surface area contributed by atoms with E-state index in [0.717, 1.165) is 5.56 Å². The molecule has 0 radical (unpaired) electrons. The normalized spacial score (nSPS) is 24.3. The molecule has 3 unspecified atom stereocenters. The molecule has 5 nitrogen and oxygen atoms in total. The summed E-state index contributed by atoms with van der Waals surface area (Å²) in [5, 5.41) is 3.25. The Morgan fingerprint density at radius 1 is 1.29 bits per heavy atom. The lowest BCUT2D eigenvalue weighted by atomic mass is 10.1. The molecule has 6 heteroatoms. The van der Waals surface area contributed by atoms with Gasteiger partial charge in [0.2, 0.25) is 5.91 Å². The maximum atomic E-state index is 12.5. The lowest BCUT2D eigenvalue weighted by Crippen LogP contribution is -2.44. The standard InChI is InChI=1S/C15H22N2O3S/c1-11(10-21(3,19)20)17-12(2)16-14(15(17)18)9-13-7-5-4-6-8-13/h4-8,11-12,14,16H,9-10H2,1-3H3. The highest BCUT2D eigenvalue weighted by Crippen LogP contribution is 2.18. The van der Waals surface area contributed by atoms with Crippen LogP contribution < -0.4 is 5.32 Å². The quantitative estimate of drug-likeness (QED) is 0.874. The van der Waals surface area contributed by atoms with E-state index in [-0.39, 0.29) is 29.9 Å². The Labute approximate surface area is 126 Å². The van der Waals surface area contributed by atoms with Crippen molar-refractivity contribution in [1.82, 2.24) is 10.2 Å². The second-order valence-corrected chi connectivity index (χ2v) is 7.96. The van der Waals surface area contributed by atoms with E-state index in [4.69, 9.17) is 0 Å². The van der Waals surface area contributed by atoms with E-state index in [1.165, 1.54) is 6.26 Å². The van der Waals surface area contributed by atoms with Crippen LogP contribution in [0.4, 0.5) is 0 Å². The minimum atomic E-state index is -3.11. The maximum Gasteiger partial charge on any atom is 0.241 e. The lowest BCUT2D eigenvalue weighted by Gasteiger charge is -2.27. The van der Waals surface area contributed by atoms with Crippen molar-refractivity contribution in [2.75, 3.05) is 12.0 Å². The average molecular weight is 310 g/mol. The maximum absolute atomic E-state index is 12.5. The van der Waals surface area contributed by atoms with Crippen molar-refractivity contribution in [3.05, 3.63) is 35.9 Å². The summed E-state index contributed by atoms with van der Waals surface area (Å²) in [4.78, 5) is 14.2. The minimum absolute atomic E-state index is 0.0111. The van der Waals surface area contributed by atoms with Crippen LogP contribution in [-0.4, -0.2) is 49.5 Å². The molecular formula is C15H22N2O3S. The predicted octanol–water partition coefficient (Wildman–Crippen LogP) is 0.809. The van der Waals surface area contributed by atoms with Crippen LogP contribution in [0.25, 0.3) is 0 Å². The number of benzene rings is 1. The van der Waals surface area contributed by atoms with Crippen LogP contribution in [0.15, 0.2) is 30.3 Å². The van der Waals surface area contributed by atoms with E-state index in [0.29, 0.717) is 6.42 Å². The third-order valence-electron chi connectivity index (χ3n) is 3.71. The highest BCUT2D eigenvalue weighted by molar-refractivity contribution is 7.90. The zero-order valence-electron chi connectivity index (χ0n) is 12.6. The Balaban J connectivity index is 2.08.